The SMILES string of the molecule is CCCNC(Cc1sccc1Br)c1cc(C)nn1C. The van der Waals surface area contributed by atoms with Crippen molar-refractivity contribution in [3.05, 3.63) is 38.3 Å². The summed E-state index contributed by atoms with van der Waals surface area (Å²) in [5.41, 5.74) is 2.33. The molecular formula is C14H20BrN3S. The van der Waals surface area contributed by atoms with Crippen molar-refractivity contribution in [3.63, 3.8) is 0 Å². The van der Waals surface area contributed by atoms with Gasteiger partial charge >= 0.3 is 0 Å². The van der Waals surface area contributed by atoms with Gasteiger partial charge in [-0.3, -0.25) is 4.68 Å². The molecule has 19 heavy (non-hydrogen) atoms. The Morgan fingerprint density at radius 1 is 1.53 bits per heavy atom. The van der Waals surface area contributed by atoms with Crippen LogP contribution in [0.15, 0.2) is 22.0 Å². The number of aromatic nitrogens is 2. The van der Waals surface area contributed by atoms with Crippen LogP contribution in [0, 0.1) is 6.92 Å². The van der Waals surface area contributed by atoms with Crippen molar-refractivity contribution in [1.82, 2.24) is 15.1 Å². The molecule has 1 atom stereocenters. The van der Waals surface area contributed by atoms with Crippen molar-refractivity contribution in [2.24, 2.45) is 7.05 Å². The molecular weight excluding hydrogens is 322 g/mol. The van der Waals surface area contributed by atoms with Crippen LogP contribution >= 0.6 is 27.3 Å². The topological polar surface area (TPSA) is 29.9 Å². The second kappa shape index (κ2) is 6.68. The molecule has 0 spiro atoms. The Morgan fingerprint density at radius 2 is 2.32 bits per heavy atom. The lowest BCUT2D eigenvalue weighted by Gasteiger charge is -2.18. The minimum Gasteiger partial charge on any atom is -0.308 e. The zero-order chi connectivity index (χ0) is 13.8. The number of nitrogens with one attached hydrogen (secondary N) is 1. The summed E-state index contributed by atoms with van der Waals surface area (Å²) >= 11 is 5.42. The highest BCUT2D eigenvalue weighted by Gasteiger charge is 2.17. The molecule has 0 aliphatic rings. The van der Waals surface area contributed by atoms with Gasteiger partial charge in [0.25, 0.3) is 0 Å². The van der Waals surface area contributed by atoms with Crippen molar-refractivity contribution in [3.8, 4) is 0 Å². The molecule has 2 rings (SSSR count). The molecule has 0 radical (unpaired) electrons. The molecule has 0 saturated heterocycles. The van der Waals surface area contributed by atoms with E-state index in [2.05, 4.69) is 50.8 Å². The van der Waals surface area contributed by atoms with E-state index >= 15 is 0 Å². The number of aryl methyl sites for hydroxylation is 2. The molecule has 0 fully saturated rings. The average molecular weight is 342 g/mol. The molecule has 0 amide bonds. The summed E-state index contributed by atoms with van der Waals surface area (Å²) in [6.45, 7) is 5.26. The number of nitrogens with zero attached hydrogens (tertiary/aromatic N) is 2. The van der Waals surface area contributed by atoms with Crippen LogP contribution in [0.25, 0.3) is 0 Å². The number of halogens is 1. The maximum atomic E-state index is 4.46. The van der Waals surface area contributed by atoms with Gasteiger partial charge in [0.05, 0.1) is 17.4 Å². The highest BCUT2D eigenvalue weighted by molar-refractivity contribution is 9.10. The first-order valence-corrected chi connectivity index (χ1v) is 8.25. The van der Waals surface area contributed by atoms with Gasteiger partial charge in [-0.05, 0) is 53.3 Å². The van der Waals surface area contributed by atoms with E-state index in [1.165, 1.54) is 15.0 Å². The van der Waals surface area contributed by atoms with Crippen LogP contribution in [-0.4, -0.2) is 16.3 Å². The first kappa shape index (κ1) is 14.8. The van der Waals surface area contributed by atoms with E-state index in [-0.39, 0.29) is 0 Å². The van der Waals surface area contributed by atoms with E-state index in [0.717, 1.165) is 25.1 Å². The van der Waals surface area contributed by atoms with Crippen LogP contribution in [-0.2, 0) is 13.5 Å². The maximum Gasteiger partial charge on any atom is 0.0597 e. The zero-order valence-corrected chi connectivity index (χ0v) is 14.0. The van der Waals surface area contributed by atoms with Gasteiger partial charge in [0, 0.05) is 22.8 Å². The molecule has 1 unspecified atom stereocenters. The first-order chi connectivity index (χ1) is 9.11. The summed E-state index contributed by atoms with van der Waals surface area (Å²) in [7, 11) is 2.02. The highest BCUT2D eigenvalue weighted by atomic mass is 79.9. The summed E-state index contributed by atoms with van der Waals surface area (Å²) in [6.07, 6.45) is 2.14. The van der Waals surface area contributed by atoms with E-state index in [1.807, 2.05) is 18.7 Å². The van der Waals surface area contributed by atoms with Crippen LogP contribution in [0.2, 0.25) is 0 Å². The summed E-state index contributed by atoms with van der Waals surface area (Å²) < 4.78 is 3.20. The third kappa shape index (κ3) is 3.68. The summed E-state index contributed by atoms with van der Waals surface area (Å²) in [6, 6.07) is 4.61. The first-order valence-electron chi connectivity index (χ1n) is 6.57. The quantitative estimate of drug-likeness (QED) is 0.865. The largest absolute Gasteiger partial charge is 0.308 e. The molecule has 2 aromatic rings. The molecule has 3 nitrogen and oxygen atoms in total. The van der Waals surface area contributed by atoms with Crippen molar-refractivity contribution in [2.45, 2.75) is 32.7 Å². The maximum absolute atomic E-state index is 4.46. The molecule has 0 aromatic carbocycles. The smallest absolute Gasteiger partial charge is 0.0597 e. The van der Waals surface area contributed by atoms with Gasteiger partial charge in [-0.25, -0.2) is 0 Å². The van der Waals surface area contributed by atoms with E-state index < -0.39 is 0 Å². The van der Waals surface area contributed by atoms with E-state index in [0.29, 0.717) is 6.04 Å². The van der Waals surface area contributed by atoms with E-state index in [4.69, 9.17) is 0 Å². The Morgan fingerprint density at radius 3 is 2.84 bits per heavy atom. The van der Waals surface area contributed by atoms with Crippen LogP contribution in [0.1, 0.15) is 35.7 Å². The molecule has 0 bridgehead atoms. The Balaban J connectivity index is 2.20. The zero-order valence-electron chi connectivity index (χ0n) is 11.6. The second-order valence-corrected chi connectivity index (χ2v) is 6.59. The summed E-state index contributed by atoms with van der Waals surface area (Å²) in [5, 5.41) is 10.2. The van der Waals surface area contributed by atoms with Gasteiger partial charge in [0.15, 0.2) is 0 Å². The Bertz CT molecular complexity index is 533. The fraction of sp³-hybridized carbons (Fsp3) is 0.500. The average Bonchev–Trinajstić information content (AvgIpc) is 2.91. The van der Waals surface area contributed by atoms with Crippen LogP contribution in [0.4, 0.5) is 0 Å². The van der Waals surface area contributed by atoms with Crippen LogP contribution in [0.5, 0.6) is 0 Å². The second-order valence-electron chi connectivity index (χ2n) is 4.74. The molecule has 0 aliphatic heterocycles. The van der Waals surface area contributed by atoms with Gasteiger partial charge < -0.3 is 5.32 Å². The van der Waals surface area contributed by atoms with Crippen molar-refractivity contribution < 1.29 is 0 Å². The van der Waals surface area contributed by atoms with Gasteiger partial charge in [0.1, 0.15) is 0 Å². The van der Waals surface area contributed by atoms with Gasteiger partial charge in [0.2, 0.25) is 0 Å². The molecule has 2 aromatic heterocycles. The van der Waals surface area contributed by atoms with Crippen LogP contribution < -0.4 is 5.32 Å². The lowest BCUT2D eigenvalue weighted by molar-refractivity contribution is 0.495. The monoisotopic (exact) mass is 341 g/mol. The predicted molar refractivity (Wildman–Crippen MR) is 84.7 cm³/mol. The predicted octanol–water partition coefficient (Wildman–Crippen LogP) is 3.84. The Labute approximate surface area is 127 Å². The highest BCUT2D eigenvalue weighted by Crippen LogP contribution is 2.28. The molecule has 2 heterocycles. The minimum atomic E-state index is 0.320. The number of hydrogen-bond donors (Lipinski definition) is 1. The molecule has 0 aliphatic carbocycles. The van der Waals surface area contributed by atoms with Crippen molar-refractivity contribution in [2.75, 3.05) is 6.54 Å². The fourth-order valence-corrected chi connectivity index (χ4v) is 3.77. The number of thiophene rings is 1. The molecule has 0 saturated carbocycles. The summed E-state index contributed by atoms with van der Waals surface area (Å²) in [5.74, 6) is 0. The third-order valence-corrected chi connectivity index (χ3v) is 5.07. The van der Waals surface area contributed by atoms with E-state index in [9.17, 15) is 0 Å². The standard InChI is InChI=1S/C14H20BrN3S/c1-4-6-16-12(9-14-11(15)5-7-19-14)13-8-10(2)17-18(13)3/h5,7-8,12,16H,4,6,9H2,1-3H3. The minimum absolute atomic E-state index is 0.320. The van der Waals surface area contributed by atoms with Gasteiger partial charge in [-0.15, -0.1) is 11.3 Å². The van der Waals surface area contributed by atoms with Crippen molar-refractivity contribution >= 4 is 27.3 Å². The van der Waals surface area contributed by atoms with Crippen molar-refractivity contribution in [1.29, 1.82) is 0 Å². The number of hydrogen-bond acceptors (Lipinski definition) is 3. The normalized spacial score (nSPS) is 12.8. The molecule has 5 heteroatoms. The molecule has 104 valence electrons. The summed E-state index contributed by atoms with van der Waals surface area (Å²) in [4.78, 5) is 1.38. The van der Waals surface area contributed by atoms with E-state index in [1.54, 1.807) is 11.3 Å². The molecule has 1 N–H and O–H groups in total. The van der Waals surface area contributed by atoms with Gasteiger partial charge in [-0.1, -0.05) is 6.92 Å². The lowest BCUT2D eigenvalue weighted by Crippen LogP contribution is -2.26. The Kier molecular flexibility index (Phi) is 5.19. The fourth-order valence-electron chi connectivity index (χ4n) is 2.21. The van der Waals surface area contributed by atoms with Gasteiger partial charge in [-0.2, -0.15) is 5.10 Å². The third-order valence-electron chi connectivity index (χ3n) is 3.12. The lowest BCUT2D eigenvalue weighted by atomic mass is 10.1. The van der Waals surface area contributed by atoms with Crippen LogP contribution in [0.3, 0.4) is 0 Å². The Hall–Kier alpha value is -0.650. The number of rotatable bonds is 6.